The quantitative estimate of drug-likeness (QED) is 0.676. The molecule has 0 bridgehead atoms. The van der Waals surface area contributed by atoms with Crippen molar-refractivity contribution in [2.24, 2.45) is 5.73 Å². The van der Waals surface area contributed by atoms with Crippen LogP contribution in [0.3, 0.4) is 0 Å². The Balaban J connectivity index is 2.17. The van der Waals surface area contributed by atoms with E-state index in [0.717, 1.165) is 16.8 Å². The van der Waals surface area contributed by atoms with Crippen LogP contribution in [-0.2, 0) is 11.3 Å². The molecule has 0 amide bonds. The van der Waals surface area contributed by atoms with E-state index in [-0.39, 0.29) is 11.4 Å². The Labute approximate surface area is 158 Å². The maximum Gasteiger partial charge on any atom is 0.360 e. The molecule has 27 heavy (non-hydrogen) atoms. The number of methoxy groups -OCH3 is 1. The monoisotopic (exact) mass is 364 g/mol. The molecule has 4 N–H and O–H groups in total. The number of carbonyl (C=O) groups excluding carboxylic acids is 1. The lowest BCUT2D eigenvalue weighted by molar-refractivity contribution is 0.0594. The second kappa shape index (κ2) is 7.63. The van der Waals surface area contributed by atoms with Crippen molar-refractivity contribution in [3.8, 4) is 16.9 Å². The third kappa shape index (κ3) is 3.57. The van der Waals surface area contributed by atoms with Crippen LogP contribution >= 0.6 is 0 Å². The van der Waals surface area contributed by atoms with E-state index in [2.05, 4.69) is 31.1 Å². The van der Waals surface area contributed by atoms with Gasteiger partial charge < -0.3 is 16.2 Å². The van der Waals surface area contributed by atoms with Crippen LogP contribution in [0.2, 0.25) is 0 Å². The van der Waals surface area contributed by atoms with Crippen LogP contribution in [-0.4, -0.2) is 22.9 Å². The van der Waals surface area contributed by atoms with Crippen LogP contribution < -0.4 is 11.5 Å². The number of anilines is 1. The van der Waals surface area contributed by atoms with Gasteiger partial charge in [-0.3, -0.25) is 0 Å². The van der Waals surface area contributed by atoms with Crippen LogP contribution in [0.5, 0.6) is 0 Å². The van der Waals surface area contributed by atoms with Crippen molar-refractivity contribution in [1.29, 1.82) is 0 Å². The molecular formula is C21H24N4O2. The van der Waals surface area contributed by atoms with E-state index < -0.39 is 5.97 Å². The summed E-state index contributed by atoms with van der Waals surface area (Å²) in [7, 11) is 1.31. The molecule has 140 valence electrons. The molecule has 2 aromatic carbocycles. The average Bonchev–Trinajstić information content (AvgIpc) is 3.04. The molecule has 0 aliphatic carbocycles. The summed E-state index contributed by atoms with van der Waals surface area (Å²) in [6.07, 6.45) is 0. The Morgan fingerprint density at radius 1 is 1.11 bits per heavy atom. The van der Waals surface area contributed by atoms with Crippen molar-refractivity contribution in [3.05, 3.63) is 65.4 Å². The summed E-state index contributed by atoms with van der Waals surface area (Å²) in [5, 5.41) is 4.44. The second-order valence-electron chi connectivity index (χ2n) is 6.66. The molecule has 1 heterocycles. The number of hydrogen-bond acceptors (Lipinski definition) is 5. The summed E-state index contributed by atoms with van der Waals surface area (Å²) in [4.78, 5) is 12.1. The summed E-state index contributed by atoms with van der Waals surface area (Å²) in [5.74, 6) is -0.138. The standard InChI is InChI=1S/C21H24N4O2/c1-13(2)15-8-10-17(11-9-15)25-20(16-6-4-14(12-22)5-7-16)18(23)19(24-25)21(26)27-3/h4-11,13H,12,22-23H2,1-3H3. The summed E-state index contributed by atoms with van der Waals surface area (Å²) >= 11 is 0. The van der Waals surface area contributed by atoms with E-state index in [0.29, 0.717) is 18.2 Å². The summed E-state index contributed by atoms with van der Waals surface area (Å²) in [6.45, 7) is 4.74. The van der Waals surface area contributed by atoms with Crippen LogP contribution in [0.15, 0.2) is 48.5 Å². The molecule has 0 aliphatic rings. The smallest absolute Gasteiger partial charge is 0.360 e. The molecule has 0 spiro atoms. The largest absolute Gasteiger partial charge is 0.464 e. The third-order valence-electron chi connectivity index (χ3n) is 4.57. The molecular weight excluding hydrogens is 340 g/mol. The van der Waals surface area contributed by atoms with Crippen molar-refractivity contribution in [1.82, 2.24) is 9.78 Å². The van der Waals surface area contributed by atoms with Crippen molar-refractivity contribution in [2.45, 2.75) is 26.3 Å². The Morgan fingerprint density at radius 3 is 2.26 bits per heavy atom. The SMILES string of the molecule is COC(=O)c1nn(-c2ccc(C(C)C)cc2)c(-c2ccc(CN)cc2)c1N. The Kier molecular flexibility index (Phi) is 5.28. The van der Waals surface area contributed by atoms with E-state index in [1.54, 1.807) is 4.68 Å². The van der Waals surface area contributed by atoms with Crippen molar-refractivity contribution < 1.29 is 9.53 Å². The van der Waals surface area contributed by atoms with E-state index in [1.807, 2.05) is 36.4 Å². The minimum absolute atomic E-state index is 0.100. The third-order valence-corrected chi connectivity index (χ3v) is 4.57. The molecule has 0 saturated heterocycles. The summed E-state index contributed by atoms with van der Waals surface area (Å²) in [5.41, 5.74) is 16.9. The Morgan fingerprint density at radius 2 is 1.74 bits per heavy atom. The van der Waals surface area contributed by atoms with Gasteiger partial charge in [-0.2, -0.15) is 5.10 Å². The van der Waals surface area contributed by atoms with Crippen molar-refractivity contribution >= 4 is 11.7 Å². The van der Waals surface area contributed by atoms with Crippen LogP contribution in [0.4, 0.5) is 5.69 Å². The van der Waals surface area contributed by atoms with E-state index in [9.17, 15) is 4.79 Å². The fourth-order valence-electron chi connectivity index (χ4n) is 2.94. The first kappa shape index (κ1) is 18.7. The fourth-order valence-corrected chi connectivity index (χ4v) is 2.94. The number of ether oxygens (including phenoxy) is 1. The van der Waals surface area contributed by atoms with Gasteiger partial charge in [0.2, 0.25) is 0 Å². The van der Waals surface area contributed by atoms with Crippen molar-refractivity contribution in [2.75, 3.05) is 12.8 Å². The zero-order valence-electron chi connectivity index (χ0n) is 15.8. The predicted octanol–water partition coefficient (Wildman–Crippen LogP) is 3.49. The van der Waals surface area contributed by atoms with Gasteiger partial charge in [0.25, 0.3) is 0 Å². The zero-order valence-corrected chi connectivity index (χ0v) is 15.8. The number of esters is 1. The van der Waals surface area contributed by atoms with Gasteiger partial charge >= 0.3 is 5.97 Å². The second-order valence-corrected chi connectivity index (χ2v) is 6.66. The minimum Gasteiger partial charge on any atom is -0.464 e. The zero-order chi connectivity index (χ0) is 19.6. The van der Waals surface area contributed by atoms with Gasteiger partial charge in [-0.25, -0.2) is 9.48 Å². The first-order valence-corrected chi connectivity index (χ1v) is 8.82. The van der Waals surface area contributed by atoms with Gasteiger partial charge in [-0.15, -0.1) is 0 Å². The van der Waals surface area contributed by atoms with Crippen LogP contribution in [0, 0.1) is 0 Å². The molecule has 3 aromatic rings. The van der Waals surface area contributed by atoms with E-state index >= 15 is 0 Å². The maximum atomic E-state index is 12.1. The van der Waals surface area contributed by atoms with E-state index in [1.165, 1.54) is 12.7 Å². The van der Waals surface area contributed by atoms with Crippen LogP contribution in [0.1, 0.15) is 41.4 Å². The minimum atomic E-state index is -0.565. The average molecular weight is 364 g/mol. The Hall–Kier alpha value is -3.12. The first-order valence-electron chi connectivity index (χ1n) is 8.82. The highest BCUT2D eigenvalue weighted by molar-refractivity contribution is 5.97. The number of nitrogen functional groups attached to an aromatic ring is 1. The highest BCUT2D eigenvalue weighted by Crippen LogP contribution is 2.32. The van der Waals surface area contributed by atoms with Gasteiger partial charge in [0.15, 0.2) is 5.69 Å². The molecule has 0 aliphatic heterocycles. The number of nitrogens with two attached hydrogens (primary N) is 2. The number of rotatable bonds is 5. The number of nitrogens with zero attached hydrogens (tertiary/aromatic N) is 2. The lowest BCUT2D eigenvalue weighted by Gasteiger charge is -2.11. The topological polar surface area (TPSA) is 96.2 Å². The molecule has 0 unspecified atom stereocenters. The number of hydrogen-bond donors (Lipinski definition) is 2. The molecule has 6 heteroatoms. The molecule has 0 radical (unpaired) electrons. The van der Waals surface area contributed by atoms with E-state index in [4.69, 9.17) is 16.2 Å². The summed E-state index contributed by atoms with van der Waals surface area (Å²) < 4.78 is 6.52. The van der Waals surface area contributed by atoms with Gasteiger partial charge in [-0.1, -0.05) is 50.2 Å². The molecule has 1 aromatic heterocycles. The number of benzene rings is 2. The van der Waals surface area contributed by atoms with Gasteiger partial charge in [0, 0.05) is 12.1 Å². The maximum absolute atomic E-state index is 12.1. The molecule has 0 atom stereocenters. The Bertz CT molecular complexity index is 942. The van der Waals surface area contributed by atoms with Crippen LogP contribution in [0.25, 0.3) is 16.9 Å². The number of aromatic nitrogens is 2. The van der Waals surface area contributed by atoms with Gasteiger partial charge in [-0.05, 0) is 29.2 Å². The molecule has 6 nitrogen and oxygen atoms in total. The predicted molar refractivity (Wildman–Crippen MR) is 107 cm³/mol. The molecule has 0 fully saturated rings. The van der Waals surface area contributed by atoms with Gasteiger partial charge in [0.1, 0.15) is 0 Å². The highest BCUT2D eigenvalue weighted by Gasteiger charge is 2.23. The van der Waals surface area contributed by atoms with Gasteiger partial charge in [0.05, 0.1) is 24.2 Å². The first-order chi connectivity index (χ1) is 13.0. The molecule has 3 rings (SSSR count). The lowest BCUT2D eigenvalue weighted by atomic mass is 10.0. The molecule has 0 saturated carbocycles. The van der Waals surface area contributed by atoms with Crippen molar-refractivity contribution in [3.63, 3.8) is 0 Å². The fraction of sp³-hybridized carbons (Fsp3) is 0.238. The highest BCUT2D eigenvalue weighted by atomic mass is 16.5. The summed E-state index contributed by atoms with van der Waals surface area (Å²) in [6, 6.07) is 15.8. The number of carbonyl (C=O) groups is 1. The lowest BCUT2D eigenvalue weighted by Crippen LogP contribution is -2.06. The normalized spacial score (nSPS) is 11.0.